The van der Waals surface area contributed by atoms with Crippen LogP contribution in [0.15, 0.2) is 18.2 Å². The van der Waals surface area contributed by atoms with E-state index in [4.69, 9.17) is 4.74 Å². The van der Waals surface area contributed by atoms with Gasteiger partial charge in [-0.15, -0.1) is 0 Å². The third-order valence-electron chi connectivity index (χ3n) is 4.28. The lowest BCUT2D eigenvalue weighted by molar-refractivity contribution is -0.386. The second-order valence-corrected chi connectivity index (χ2v) is 6.45. The number of nitro groups is 1. The molecule has 0 saturated heterocycles. The van der Waals surface area contributed by atoms with E-state index < -0.39 is 0 Å². The number of hydrogen-bond acceptors (Lipinski definition) is 3. The standard InChI is InChI=1S/C14H18BrNO3/c1-4-14(3)11(15)8-12(14)19-13-9(2)6-5-7-10(13)16(17)18/h5-7,11-12H,4,8H2,1-3H3. The van der Waals surface area contributed by atoms with Crippen molar-refractivity contribution in [3.63, 3.8) is 0 Å². The van der Waals surface area contributed by atoms with Gasteiger partial charge in [0.05, 0.1) is 4.92 Å². The molecule has 1 saturated carbocycles. The molecule has 5 heteroatoms. The summed E-state index contributed by atoms with van der Waals surface area (Å²) in [6.45, 7) is 6.12. The van der Waals surface area contributed by atoms with Gasteiger partial charge >= 0.3 is 5.69 Å². The van der Waals surface area contributed by atoms with E-state index in [9.17, 15) is 10.1 Å². The van der Waals surface area contributed by atoms with Gasteiger partial charge < -0.3 is 4.74 Å². The number of hydrogen-bond donors (Lipinski definition) is 0. The lowest BCUT2D eigenvalue weighted by Crippen LogP contribution is -2.54. The van der Waals surface area contributed by atoms with Crippen LogP contribution in [-0.4, -0.2) is 15.9 Å². The molecular weight excluding hydrogens is 310 g/mol. The average molecular weight is 328 g/mol. The number of aryl methyl sites for hydroxylation is 1. The normalized spacial score (nSPS) is 29.7. The van der Waals surface area contributed by atoms with E-state index in [2.05, 4.69) is 29.8 Å². The Kier molecular flexibility index (Phi) is 3.85. The Morgan fingerprint density at radius 2 is 2.26 bits per heavy atom. The van der Waals surface area contributed by atoms with Crippen LogP contribution in [0.25, 0.3) is 0 Å². The number of nitrogens with zero attached hydrogens (tertiary/aromatic N) is 1. The van der Waals surface area contributed by atoms with Crippen LogP contribution in [0.2, 0.25) is 0 Å². The molecule has 0 spiro atoms. The molecule has 1 fully saturated rings. The molecule has 1 aliphatic rings. The van der Waals surface area contributed by atoms with Crippen LogP contribution in [0, 0.1) is 22.5 Å². The molecule has 0 radical (unpaired) electrons. The number of halogens is 1. The number of alkyl halides is 1. The smallest absolute Gasteiger partial charge is 0.311 e. The summed E-state index contributed by atoms with van der Waals surface area (Å²) in [5.74, 6) is 0.413. The molecule has 1 aliphatic carbocycles. The molecule has 1 aromatic rings. The number of ether oxygens (including phenoxy) is 1. The van der Waals surface area contributed by atoms with Gasteiger partial charge in [-0.05, 0) is 25.3 Å². The Morgan fingerprint density at radius 3 is 2.79 bits per heavy atom. The van der Waals surface area contributed by atoms with Crippen molar-refractivity contribution < 1.29 is 9.66 Å². The molecule has 0 N–H and O–H groups in total. The fourth-order valence-corrected chi connectivity index (χ4v) is 3.43. The predicted molar refractivity (Wildman–Crippen MR) is 78.0 cm³/mol. The van der Waals surface area contributed by atoms with Crippen molar-refractivity contribution in [2.45, 2.75) is 44.5 Å². The molecule has 0 bridgehead atoms. The van der Waals surface area contributed by atoms with E-state index >= 15 is 0 Å². The van der Waals surface area contributed by atoms with Gasteiger partial charge in [0.1, 0.15) is 6.10 Å². The van der Waals surface area contributed by atoms with Gasteiger partial charge in [0.15, 0.2) is 5.75 Å². The molecule has 0 aromatic heterocycles. The maximum atomic E-state index is 11.1. The molecule has 3 atom stereocenters. The van der Waals surface area contributed by atoms with E-state index in [-0.39, 0.29) is 22.1 Å². The first kappa shape index (κ1) is 14.3. The van der Waals surface area contributed by atoms with E-state index in [1.54, 1.807) is 6.07 Å². The molecule has 19 heavy (non-hydrogen) atoms. The van der Waals surface area contributed by atoms with Crippen molar-refractivity contribution in [3.05, 3.63) is 33.9 Å². The first-order valence-electron chi connectivity index (χ1n) is 6.45. The summed E-state index contributed by atoms with van der Waals surface area (Å²) in [6, 6.07) is 5.03. The first-order chi connectivity index (χ1) is 8.90. The highest BCUT2D eigenvalue weighted by atomic mass is 79.9. The highest BCUT2D eigenvalue weighted by molar-refractivity contribution is 9.09. The first-order valence-corrected chi connectivity index (χ1v) is 7.36. The summed E-state index contributed by atoms with van der Waals surface area (Å²) in [4.78, 5) is 11.1. The number of para-hydroxylation sites is 1. The summed E-state index contributed by atoms with van der Waals surface area (Å²) in [5.41, 5.74) is 0.901. The van der Waals surface area contributed by atoms with E-state index in [0.29, 0.717) is 10.6 Å². The van der Waals surface area contributed by atoms with Crippen LogP contribution < -0.4 is 4.74 Å². The van der Waals surface area contributed by atoms with Gasteiger partial charge in [-0.3, -0.25) is 10.1 Å². The summed E-state index contributed by atoms with van der Waals surface area (Å²) in [6.07, 6.45) is 1.89. The molecular formula is C14H18BrNO3. The van der Waals surface area contributed by atoms with Crippen molar-refractivity contribution in [2.75, 3.05) is 0 Å². The van der Waals surface area contributed by atoms with Crippen LogP contribution in [0.5, 0.6) is 5.75 Å². The summed E-state index contributed by atoms with van der Waals surface area (Å²) < 4.78 is 5.98. The highest BCUT2D eigenvalue weighted by Crippen LogP contribution is 2.51. The largest absolute Gasteiger partial charge is 0.483 e. The topological polar surface area (TPSA) is 52.4 Å². The van der Waals surface area contributed by atoms with Crippen LogP contribution in [0.3, 0.4) is 0 Å². The minimum absolute atomic E-state index is 0.0293. The number of rotatable bonds is 4. The van der Waals surface area contributed by atoms with Crippen molar-refractivity contribution in [2.24, 2.45) is 5.41 Å². The minimum atomic E-state index is -0.379. The van der Waals surface area contributed by atoms with Crippen LogP contribution in [-0.2, 0) is 0 Å². The second-order valence-electron chi connectivity index (χ2n) is 5.35. The zero-order valence-electron chi connectivity index (χ0n) is 11.4. The summed E-state index contributed by atoms with van der Waals surface area (Å²) in [5, 5.41) is 11.1. The monoisotopic (exact) mass is 327 g/mol. The summed E-state index contributed by atoms with van der Waals surface area (Å²) in [7, 11) is 0. The van der Waals surface area contributed by atoms with E-state index in [1.807, 2.05) is 13.0 Å². The quantitative estimate of drug-likeness (QED) is 0.472. The average Bonchev–Trinajstić information content (AvgIpc) is 2.38. The zero-order chi connectivity index (χ0) is 14.2. The van der Waals surface area contributed by atoms with Crippen molar-refractivity contribution in [3.8, 4) is 5.75 Å². The Hall–Kier alpha value is -1.10. The Balaban J connectivity index is 2.28. The minimum Gasteiger partial charge on any atom is -0.483 e. The zero-order valence-corrected chi connectivity index (χ0v) is 12.9. The molecule has 2 rings (SSSR count). The maximum Gasteiger partial charge on any atom is 0.311 e. The fourth-order valence-electron chi connectivity index (χ4n) is 2.48. The van der Waals surface area contributed by atoms with Crippen molar-refractivity contribution >= 4 is 21.6 Å². The van der Waals surface area contributed by atoms with Crippen LogP contribution in [0.4, 0.5) is 5.69 Å². The second kappa shape index (κ2) is 5.12. The number of nitro benzene ring substituents is 1. The summed E-state index contributed by atoms with van der Waals surface area (Å²) >= 11 is 3.65. The molecule has 3 unspecified atom stereocenters. The van der Waals surface area contributed by atoms with Crippen molar-refractivity contribution in [1.82, 2.24) is 0 Å². The van der Waals surface area contributed by atoms with E-state index in [1.165, 1.54) is 6.07 Å². The molecule has 104 valence electrons. The SMILES string of the molecule is CCC1(C)C(Br)CC1Oc1c(C)cccc1[N+](=O)[O-]. The van der Waals surface area contributed by atoms with Gasteiger partial charge in [-0.2, -0.15) is 0 Å². The molecule has 1 aromatic carbocycles. The Labute approximate surface area is 121 Å². The lowest BCUT2D eigenvalue weighted by Gasteiger charge is -2.50. The number of benzene rings is 1. The molecule has 0 amide bonds. The third-order valence-corrected chi connectivity index (χ3v) is 5.70. The molecule has 0 aliphatic heterocycles. The predicted octanol–water partition coefficient (Wildman–Crippen LogP) is 4.23. The van der Waals surface area contributed by atoms with Gasteiger partial charge in [0.2, 0.25) is 0 Å². The Bertz CT molecular complexity index is 505. The molecule has 0 heterocycles. The van der Waals surface area contributed by atoms with Gasteiger partial charge in [0.25, 0.3) is 0 Å². The van der Waals surface area contributed by atoms with Crippen molar-refractivity contribution in [1.29, 1.82) is 0 Å². The van der Waals surface area contributed by atoms with Gasteiger partial charge in [-0.1, -0.05) is 41.9 Å². The third kappa shape index (κ3) is 2.36. The Morgan fingerprint density at radius 1 is 1.58 bits per heavy atom. The fraction of sp³-hybridized carbons (Fsp3) is 0.571. The van der Waals surface area contributed by atoms with Crippen LogP contribution in [0.1, 0.15) is 32.3 Å². The highest BCUT2D eigenvalue weighted by Gasteiger charge is 2.51. The molecule has 4 nitrogen and oxygen atoms in total. The van der Waals surface area contributed by atoms with Crippen LogP contribution >= 0.6 is 15.9 Å². The van der Waals surface area contributed by atoms with Gasteiger partial charge in [-0.25, -0.2) is 0 Å². The van der Waals surface area contributed by atoms with Gasteiger partial charge in [0, 0.05) is 16.3 Å². The van der Waals surface area contributed by atoms with E-state index in [0.717, 1.165) is 18.4 Å². The lowest BCUT2D eigenvalue weighted by atomic mass is 9.65. The maximum absolute atomic E-state index is 11.1.